The van der Waals surface area contributed by atoms with Gasteiger partial charge >= 0.3 is 6.03 Å². The Hall–Kier alpha value is -3.63. The lowest BCUT2D eigenvalue weighted by Gasteiger charge is -2.36. The summed E-state index contributed by atoms with van der Waals surface area (Å²) in [7, 11) is 3.08. The molecular weight excluding hydrogens is 416 g/mol. The number of carbonyl (C=O) groups is 3. The van der Waals surface area contributed by atoms with Crippen LogP contribution >= 0.6 is 0 Å². The molecule has 3 N–H and O–H groups in total. The summed E-state index contributed by atoms with van der Waals surface area (Å²) in [5.41, 5.74) is -0.276. The SMILES string of the molecule is COc1ccc(-c2nc(NC(=O)CN3C(=O)NC4(CCCCC4C)C3=O)n[nH]2)c(OC)c1. The first kappa shape index (κ1) is 21.6. The van der Waals surface area contributed by atoms with E-state index in [4.69, 9.17) is 9.47 Å². The highest BCUT2D eigenvalue weighted by molar-refractivity contribution is 6.10. The van der Waals surface area contributed by atoms with Gasteiger partial charge in [0.05, 0.1) is 19.8 Å². The molecule has 0 radical (unpaired) electrons. The van der Waals surface area contributed by atoms with Gasteiger partial charge in [-0.3, -0.25) is 24.9 Å². The Labute approximate surface area is 184 Å². The smallest absolute Gasteiger partial charge is 0.325 e. The maximum atomic E-state index is 13.0. The summed E-state index contributed by atoms with van der Waals surface area (Å²) in [6.45, 7) is 1.55. The van der Waals surface area contributed by atoms with Gasteiger partial charge in [0.15, 0.2) is 5.82 Å². The minimum atomic E-state index is -0.904. The van der Waals surface area contributed by atoms with E-state index in [1.165, 1.54) is 7.11 Å². The van der Waals surface area contributed by atoms with Gasteiger partial charge in [-0.2, -0.15) is 4.98 Å². The highest BCUT2D eigenvalue weighted by atomic mass is 16.5. The van der Waals surface area contributed by atoms with E-state index >= 15 is 0 Å². The molecule has 11 nitrogen and oxygen atoms in total. The zero-order valence-corrected chi connectivity index (χ0v) is 18.2. The van der Waals surface area contributed by atoms with Crippen LogP contribution in [0.4, 0.5) is 10.7 Å². The number of nitrogens with one attached hydrogen (secondary N) is 3. The maximum Gasteiger partial charge on any atom is 0.325 e. The summed E-state index contributed by atoms with van der Waals surface area (Å²) >= 11 is 0. The number of amides is 4. The van der Waals surface area contributed by atoms with Gasteiger partial charge < -0.3 is 14.8 Å². The normalized spacial score (nSPS) is 22.7. The Balaban J connectivity index is 1.44. The number of aromatic nitrogens is 3. The van der Waals surface area contributed by atoms with Crippen molar-refractivity contribution in [2.24, 2.45) is 5.92 Å². The number of methoxy groups -OCH3 is 2. The number of anilines is 1. The van der Waals surface area contributed by atoms with Gasteiger partial charge in [0.1, 0.15) is 23.6 Å². The molecule has 2 heterocycles. The van der Waals surface area contributed by atoms with Crippen molar-refractivity contribution in [3.63, 3.8) is 0 Å². The van der Waals surface area contributed by atoms with Crippen LogP contribution in [0.25, 0.3) is 11.4 Å². The van der Waals surface area contributed by atoms with Crippen LogP contribution in [0.5, 0.6) is 11.5 Å². The summed E-state index contributed by atoms with van der Waals surface area (Å²) < 4.78 is 10.6. The fourth-order valence-corrected chi connectivity index (χ4v) is 4.38. The number of rotatable bonds is 6. The van der Waals surface area contributed by atoms with Crippen LogP contribution in [0.2, 0.25) is 0 Å². The number of urea groups is 1. The summed E-state index contributed by atoms with van der Waals surface area (Å²) in [6.07, 6.45) is 3.34. The maximum absolute atomic E-state index is 13.0. The second-order valence-corrected chi connectivity index (χ2v) is 8.06. The van der Waals surface area contributed by atoms with Crippen molar-refractivity contribution in [3.8, 4) is 22.9 Å². The Morgan fingerprint density at radius 3 is 2.81 bits per heavy atom. The molecule has 1 aliphatic heterocycles. The minimum Gasteiger partial charge on any atom is -0.497 e. The van der Waals surface area contributed by atoms with Crippen LogP contribution in [0.15, 0.2) is 18.2 Å². The van der Waals surface area contributed by atoms with Gasteiger partial charge in [-0.05, 0) is 30.9 Å². The number of H-pyrrole nitrogens is 1. The third-order valence-corrected chi connectivity index (χ3v) is 6.20. The van der Waals surface area contributed by atoms with Crippen LogP contribution < -0.4 is 20.1 Å². The number of hydrogen-bond donors (Lipinski definition) is 3. The first-order valence-electron chi connectivity index (χ1n) is 10.5. The van der Waals surface area contributed by atoms with Crippen LogP contribution in [-0.4, -0.2) is 64.2 Å². The number of hydrogen-bond acceptors (Lipinski definition) is 7. The molecule has 2 aromatic rings. The summed E-state index contributed by atoms with van der Waals surface area (Å²) in [4.78, 5) is 43.2. The average Bonchev–Trinajstić information content (AvgIpc) is 3.34. The lowest BCUT2D eigenvalue weighted by Crippen LogP contribution is -2.54. The van der Waals surface area contributed by atoms with E-state index in [1.54, 1.807) is 25.3 Å². The van der Waals surface area contributed by atoms with Crippen LogP contribution in [0, 0.1) is 5.92 Å². The second-order valence-electron chi connectivity index (χ2n) is 8.06. The molecule has 1 aromatic heterocycles. The predicted molar refractivity (Wildman–Crippen MR) is 114 cm³/mol. The fourth-order valence-electron chi connectivity index (χ4n) is 4.38. The molecule has 2 unspecified atom stereocenters. The molecule has 2 fully saturated rings. The van der Waals surface area contributed by atoms with Crippen molar-refractivity contribution in [2.75, 3.05) is 26.1 Å². The molecule has 170 valence electrons. The van der Waals surface area contributed by atoms with E-state index in [9.17, 15) is 14.4 Å². The molecule has 2 atom stereocenters. The molecule has 1 aliphatic carbocycles. The predicted octanol–water partition coefficient (Wildman–Crippen LogP) is 1.93. The van der Waals surface area contributed by atoms with Crippen molar-refractivity contribution >= 4 is 23.8 Å². The number of nitrogens with zero attached hydrogens (tertiary/aromatic N) is 3. The van der Waals surface area contributed by atoms with Gasteiger partial charge in [-0.25, -0.2) is 4.79 Å². The van der Waals surface area contributed by atoms with E-state index in [1.807, 2.05) is 6.92 Å². The van der Waals surface area contributed by atoms with Gasteiger partial charge in [-0.15, -0.1) is 5.10 Å². The Bertz CT molecular complexity index is 1050. The minimum absolute atomic E-state index is 0.0238. The number of imide groups is 1. The van der Waals surface area contributed by atoms with Crippen LogP contribution in [0.1, 0.15) is 32.6 Å². The molecule has 1 spiro atoms. The first-order valence-corrected chi connectivity index (χ1v) is 10.5. The molecule has 0 bridgehead atoms. The van der Waals surface area contributed by atoms with Gasteiger partial charge in [0, 0.05) is 6.07 Å². The molecule has 32 heavy (non-hydrogen) atoms. The van der Waals surface area contributed by atoms with Crippen molar-refractivity contribution in [1.29, 1.82) is 0 Å². The van der Waals surface area contributed by atoms with E-state index in [0.29, 0.717) is 29.3 Å². The Kier molecular flexibility index (Phi) is 5.72. The Morgan fingerprint density at radius 1 is 1.28 bits per heavy atom. The lowest BCUT2D eigenvalue weighted by molar-refractivity contribution is -0.136. The van der Waals surface area contributed by atoms with E-state index in [0.717, 1.165) is 24.2 Å². The van der Waals surface area contributed by atoms with Crippen LogP contribution in [-0.2, 0) is 9.59 Å². The van der Waals surface area contributed by atoms with Crippen molar-refractivity contribution in [3.05, 3.63) is 18.2 Å². The van der Waals surface area contributed by atoms with Gasteiger partial charge in [0.25, 0.3) is 5.91 Å². The molecule has 1 saturated carbocycles. The number of ether oxygens (including phenoxy) is 2. The molecule has 1 aromatic carbocycles. The molecule has 1 saturated heterocycles. The molecule has 11 heteroatoms. The zero-order valence-electron chi connectivity index (χ0n) is 18.2. The van der Waals surface area contributed by atoms with Crippen molar-refractivity contribution in [1.82, 2.24) is 25.4 Å². The second kappa shape index (κ2) is 8.48. The Morgan fingerprint density at radius 2 is 2.09 bits per heavy atom. The van der Waals surface area contributed by atoms with Crippen molar-refractivity contribution < 1.29 is 23.9 Å². The largest absolute Gasteiger partial charge is 0.497 e. The average molecular weight is 442 g/mol. The van der Waals surface area contributed by atoms with Crippen molar-refractivity contribution in [2.45, 2.75) is 38.1 Å². The topological polar surface area (TPSA) is 139 Å². The monoisotopic (exact) mass is 442 g/mol. The van der Waals surface area contributed by atoms with Gasteiger partial charge in [0.2, 0.25) is 11.9 Å². The van der Waals surface area contributed by atoms with E-state index in [2.05, 4.69) is 25.8 Å². The third kappa shape index (κ3) is 3.74. The standard InChI is InChI=1S/C21H26N6O5/c1-12-6-4-5-9-21(12)18(29)27(20(30)24-21)11-16(28)22-19-23-17(25-26-19)14-8-7-13(31-2)10-15(14)32-3/h7-8,10,12H,4-6,9,11H2,1-3H3,(H,24,30)(H2,22,23,25,26,28). The summed E-state index contributed by atoms with van der Waals surface area (Å²) in [6, 6.07) is 4.66. The molecular formula is C21H26N6O5. The lowest BCUT2D eigenvalue weighted by atomic mass is 9.73. The number of benzene rings is 1. The zero-order chi connectivity index (χ0) is 22.9. The van der Waals surface area contributed by atoms with E-state index in [-0.39, 0.29) is 17.8 Å². The number of aromatic amines is 1. The first-order chi connectivity index (χ1) is 15.4. The summed E-state index contributed by atoms with van der Waals surface area (Å²) in [5.74, 6) is 0.655. The summed E-state index contributed by atoms with van der Waals surface area (Å²) in [5, 5.41) is 12.1. The van der Waals surface area contributed by atoms with Crippen LogP contribution in [0.3, 0.4) is 0 Å². The highest BCUT2D eigenvalue weighted by Gasteiger charge is 2.55. The molecule has 2 aliphatic rings. The highest BCUT2D eigenvalue weighted by Crippen LogP contribution is 2.38. The molecule has 4 rings (SSSR count). The number of carbonyl (C=O) groups excluding carboxylic acids is 3. The van der Waals surface area contributed by atoms with Gasteiger partial charge in [-0.1, -0.05) is 19.8 Å². The quantitative estimate of drug-likeness (QED) is 0.581. The van der Waals surface area contributed by atoms with E-state index < -0.39 is 24.0 Å². The fraction of sp³-hybridized carbons (Fsp3) is 0.476. The third-order valence-electron chi connectivity index (χ3n) is 6.20. The molecule has 4 amide bonds.